The third kappa shape index (κ3) is 5.81. The summed E-state index contributed by atoms with van der Waals surface area (Å²) in [6.45, 7) is 1.59. The van der Waals surface area contributed by atoms with Gasteiger partial charge < -0.3 is 20.6 Å². The maximum atomic E-state index is 12.4. The largest absolute Gasteiger partial charge is 0.508 e. The standard InChI is InChI=1S/C18H19NO5.Ac/c1-11-13(8-5-9-15(11)20)17(22)19-14(16(21)18(23)24)10-12-6-3-2-4-7-12;/h2-9,14,16,20-21H,10H2,1H3,(H,19,22)(H,23,24);/t14-,16-;/m0./s1. The normalized spacial score (nSPS) is 12.6. The van der Waals surface area contributed by atoms with Crippen LogP contribution in [0, 0.1) is 51.0 Å². The average molecular weight is 556 g/mol. The van der Waals surface area contributed by atoms with Gasteiger partial charge in [0.2, 0.25) is 0 Å². The number of carbonyl (C=O) groups excluding carboxylic acids is 1. The van der Waals surface area contributed by atoms with E-state index in [9.17, 15) is 19.8 Å². The molecule has 0 aliphatic carbocycles. The molecule has 6 nitrogen and oxygen atoms in total. The summed E-state index contributed by atoms with van der Waals surface area (Å²) >= 11 is 0. The van der Waals surface area contributed by atoms with Crippen molar-refractivity contribution in [2.75, 3.05) is 0 Å². The van der Waals surface area contributed by atoms with Crippen molar-refractivity contribution in [2.24, 2.45) is 0 Å². The molecular formula is C18H19AcNO5. The zero-order valence-corrected chi connectivity index (χ0v) is 18.5. The van der Waals surface area contributed by atoms with E-state index in [0.717, 1.165) is 5.56 Å². The molecule has 2 atom stereocenters. The number of aliphatic carboxylic acids is 1. The molecule has 129 valence electrons. The van der Waals surface area contributed by atoms with Gasteiger partial charge in [0.15, 0.2) is 6.10 Å². The van der Waals surface area contributed by atoms with Gasteiger partial charge in [0.1, 0.15) is 5.75 Å². The number of aromatic hydroxyl groups is 1. The van der Waals surface area contributed by atoms with E-state index >= 15 is 0 Å². The van der Waals surface area contributed by atoms with Gasteiger partial charge in [-0.1, -0.05) is 36.4 Å². The summed E-state index contributed by atoms with van der Waals surface area (Å²) in [5, 5.41) is 31.2. The van der Waals surface area contributed by atoms with E-state index in [0.29, 0.717) is 5.56 Å². The van der Waals surface area contributed by atoms with E-state index in [1.54, 1.807) is 31.2 Å². The molecule has 7 heteroatoms. The van der Waals surface area contributed by atoms with Gasteiger partial charge in [-0.3, -0.25) is 4.79 Å². The summed E-state index contributed by atoms with van der Waals surface area (Å²) in [5.41, 5.74) is 1.40. The third-order valence-electron chi connectivity index (χ3n) is 3.80. The number of carboxylic acids is 1. The number of aliphatic hydroxyl groups excluding tert-OH is 1. The van der Waals surface area contributed by atoms with Crippen LogP contribution in [0.3, 0.4) is 0 Å². The van der Waals surface area contributed by atoms with Crippen LogP contribution in [0.25, 0.3) is 0 Å². The summed E-state index contributed by atoms with van der Waals surface area (Å²) in [5.74, 6) is -1.99. The molecule has 0 aromatic heterocycles. The van der Waals surface area contributed by atoms with Crippen molar-refractivity contribution in [1.29, 1.82) is 0 Å². The van der Waals surface area contributed by atoms with Crippen molar-refractivity contribution in [3.05, 3.63) is 65.2 Å². The van der Waals surface area contributed by atoms with Crippen molar-refractivity contribution in [3.63, 3.8) is 0 Å². The zero-order valence-electron chi connectivity index (χ0n) is 13.7. The Morgan fingerprint density at radius 2 is 1.72 bits per heavy atom. The van der Waals surface area contributed by atoms with Gasteiger partial charge in [-0.05, 0) is 31.0 Å². The first kappa shape index (κ1) is 21.6. The van der Waals surface area contributed by atoms with Crippen molar-refractivity contribution >= 4 is 11.9 Å². The molecule has 1 amide bonds. The van der Waals surface area contributed by atoms with E-state index in [-0.39, 0.29) is 61.8 Å². The summed E-state index contributed by atoms with van der Waals surface area (Å²) in [6.07, 6.45) is -1.58. The number of carboxylic acid groups (broad SMARTS) is 1. The Kier molecular flexibility index (Phi) is 8.57. The Balaban J connectivity index is 0.00000312. The maximum absolute atomic E-state index is 12.4. The Morgan fingerprint density at radius 1 is 1.08 bits per heavy atom. The third-order valence-corrected chi connectivity index (χ3v) is 3.80. The molecule has 0 spiro atoms. The van der Waals surface area contributed by atoms with Crippen LogP contribution in [0.15, 0.2) is 48.5 Å². The number of nitrogens with one attached hydrogen (secondary N) is 1. The molecule has 4 N–H and O–H groups in total. The Bertz CT molecular complexity index is 736. The summed E-state index contributed by atoms with van der Waals surface area (Å²) in [6, 6.07) is 12.5. The monoisotopic (exact) mass is 556 g/mol. The number of hydrogen-bond donors (Lipinski definition) is 4. The van der Waals surface area contributed by atoms with Gasteiger partial charge in [0.05, 0.1) is 6.04 Å². The van der Waals surface area contributed by atoms with Gasteiger partial charge in [-0.15, -0.1) is 0 Å². The second-order valence-corrected chi connectivity index (χ2v) is 5.50. The number of phenolic OH excluding ortho intramolecular Hbond substituents is 1. The molecule has 25 heavy (non-hydrogen) atoms. The molecule has 2 aromatic rings. The quantitative estimate of drug-likeness (QED) is 0.432. The predicted molar refractivity (Wildman–Crippen MR) is 87.9 cm³/mol. The fourth-order valence-electron chi connectivity index (χ4n) is 2.40. The van der Waals surface area contributed by atoms with E-state index < -0.39 is 24.0 Å². The van der Waals surface area contributed by atoms with E-state index in [1.807, 2.05) is 6.07 Å². The first-order valence-corrected chi connectivity index (χ1v) is 7.44. The van der Waals surface area contributed by atoms with E-state index in [2.05, 4.69) is 5.32 Å². The van der Waals surface area contributed by atoms with Gasteiger partial charge >= 0.3 is 5.97 Å². The molecule has 0 fully saturated rings. The van der Waals surface area contributed by atoms with Crippen LogP contribution in [0.2, 0.25) is 0 Å². The van der Waals surface area contributed by atoms with Gasteiger partial charge in [0, 0.05) is 55.2 Å². The fourth-order valence-corrected chi connectivity index (χ4v) is 2.40. The Labute approximate surface area is 181 Å². The molecule has 0 saturated carbocycles. The number of hydrogen-bond acceptors (Lipinski definition) is 4. The van der Waals surface area contributed by atoms with Crippen LogP contribution in [-0.4, -0.2) is 39.3 Å². The number of carbonyl (C=O) groups is 2. The minimum Gasteiger partial charge on any atom is -0.508 e. The maximum Gasteiger partial charge on any atom is 0.334 e. The first-order valence-electron chi connectivity index (χ1n) is 7.44. The molecule has 2 aromatic carbocycles. The molecule has 0 saturated heterocycles. The number of benzene rings is 2. The number of aliphatic hydroxyl groups is 1. The SMILES string of the molecule is Cc1c(O)cccc1C(=O)N[C@@H](Cc1ccccc1)[C@H](O)C(=O)O.[Ac]. The number of phenols is 1. The fraction of sp³-hybridized carbons (Fsp3) is 0.222. The summed E-state index contributed by atoms with van der Waals surface area (Å²) in [4.78, 5) is 23.5. The van der Waals surface area contributed by atoms with Crippen LogP contribution in [0.1, 0.15) is 21.5 Å². The molecule has 0 aliphatic rings. The smallest absolute Gasteiger partial charge is 0.334 e. The predicted octanol–water partition coefficient (Wildman–Crippen LogP) is 1.49. The van der Waals surface area contributed by atoms with Crippen LogP contribution < -0.4 is 5.32 Å². The van der Waals surface area contributed by atoms with Crippen LogP contribution in [0.5, 0.6) is 5.75 Å². The molecular weight excluding hydrogens is 537 g/mol. The average Bonchev–Trinajstić information content (AvgIpc) is 2.56. The molecule has 0 bridgehead atoms. The van der Waals surface area contributed by atoms with Crippen LogP contribution in [-0.2, 0) is 11.2 Å². The van der Waals surface area contributed by atoms with Gasteiger partial charge in [-0.25, -0.2) is 4.79 Å². The van der Waals surface area contributed by atoms with Crippen LogP contribution in [0.4, 0.5) is 0 Å². The summed E-state index contributed by atoms with van der Waals surface area (Å²) < 4.78 is 0. The van der Waals surface area contributed by atoms with Crippen molar-refractivity contribution in [3.8, 4) is 5.75 Å². The Hall–Kier alpha value is -1.42. The first-order chi connectivity index (χ1) is 11.4. The van der Waals surface area contributed by atoms with Crippen molar-refractivity contribution in [2.45, 2.75) is 25.5 Å². The number of amides is 1. The van der Waals surface area contributed by atoms with Gasteiger partial charge in [0.25, 0.3) is 5.91 Å². The molecule has 1 radical (unpaired) electrons. The van der Waals surface area contributed by atoms with Crippen molar-refractivity contribution in [1.82, 2.24) is 5.32 Å². The molecule has 0 unspecified atom stereocenters. The second kappa shape index (κ2) is 9.91. The molecule has 0 aliphatic heterocycles. The molecule has 0 heterocycles. The topological polar surface area (TPSA) is 107 Å². The van der Waals surface area contributed by atoms with E-state index in [4.69, 9.17) is 5.11 Å². The minimum atomic E-state index is -1.74. The Morgan fingerprint density at radius 3 is 2.32 bits per heavy atom. The summed E-state index contributed by atoms with van der Waals surface area (Å²) in [7, 11) is 0. The molecule has 2 rings (SSSR count). The van der Waals surface area contributed by atoms with Crippen LogP contribution >= 0.6 is 0 Å². The van der Waals surface area contributed by atoms with Crippen molar-refractivity contribution < 1.29 is 69.0 Å². The van der Waals surface area contributed by atoms with E-state index in [1.165, 1.54) is 18.2 Å². The number of rotatable bonds is 6. The zero-order chi connectivity index (χ0) is 17.7. The second-order valence-electron chi connectivity index (χ2n) is 5.50. The minimum absolute atomic E-state index is 0. The van der Waals surface area contributed by atoms with Gasteiger partial charge in [-0.2, -0.15) is 0 Å².